The normalized spacial score (nSPS) is 14.4. The molecule has 1 aromatic rings. The fraction of sp³-hybridized carbons (Fsp3) is 0.647. The predicted octanol–water partition coefficient (Wildman–Crippen LogP) is 3.62. The lowest BCUT2D eigenvalue weighted by molar-refractivity contribution is -0.125. The molecular weight excluding hydrogens is 347 g/mol. The average molecular weight is 377 g/mol. The minimum absolute atomic E-state index is 0. The van der Waals surface area contributed by atoms with Crippen molar-refractivity contribution in [2.45, 2.75) is 46.0 Å². The number of nitrogens with one attached hydrogen (secondary N) is 1. The van der Waals surface area contributed by atoms with E-state index < -0.39 is 5.41 Å². The van der Waals surface area contributed by atoms with Crippen LogP contribution >= 0.6 is 24.8 Å². The van der Waals surface area contributed by atoms with Crippen LogP contribution in [0.25, 0.3) is 0 Å². The second-order valence-corrected chi connectivity index (χ2v) is 6.10. The number of piperidine rings is 1. The van der Waals surface area contributed by atoms with E-state index in [1.54, 1.807) is 6.20 Å². The van der Waals surface area contributed by atoms with Crippen LogP contribution in [0.2, 0.25) is 0 Å². The van der Waals surface area contributed by atoms with Gasteiger partial charge in [-0.3, -0.25) is 4.79 Å². The van der Waals surface area contributed by atoms with Gasteiger partial charge in [-0.25, -0.2) is 4.98 Å². The van der Waals surface area contributed by atoms with Crippen LogP contribution in [0.4, 0.5) is 11.5 Å². The fourth-order valence-electron chi connectivity index (χ4n) is 2.99. The molecule has 138 valence electrons. The highest BCUT2D eigenvalue weighted by molar-refractivity contribution is 5.95. The van der Waals surface area contributed by atoms with Crippen molar-refractivity contribution >= 4 is 42.2 Å². The van der Waals surface area contributed by atoms with Gasteiger partial charge in [0.05, 0.1) is 17.3 Å². The molecule has 1 aliphatic rings. The summed E-state index contributed by atoms with van der Waals surface area (Å²) in [6.07, 6.45) is 6.99. The molecule has 2 heterocycles. The number of hydrogen-bond donors (Lipinski definition) is 2. The van der Waals surface area contributed by atoms with Crippen molar-refractivity contribution in [3.63, 3.8) is 0 Å². The minimum atomic E-state index is -0.481. The SMILES string of the molecule is CCC(CC)(CN)C(=O)Nc1ccc(N2CCCCC2)nc1.Cl.Cl. The van der Waals surface area contributed by atoms with Crippen molar-refractivity contribution in [2.24, 2.45) is 11.1 Å². The number of halogens is 2. The van der Waals surface area contributed by atoms with Gasteiger partial charge in [0.25, 0.3) is 0 Å². The lowest BCUT2D eigenvalue weighted by Crippen LogP contribution is -2.41. The van der Waals surface area contributed by atoms with Gasteiger partial charge in [0.2, 0.25) is 5.91 Å². The highest BCUT2D eigenvalue weighted by atomic mass is 35.5. The van der Waals surface area contributed by atoms with Crippen molar-refractivity contribution in [1.82, 2.24) is 4.98 Å². The van der Waals surface area contributed by atoms with Crippen LogP contribution in [0.5, 0.6) is 0 Å². The summed E-state index contributed by atoms with van der Waals surface area (Å²) >= 11 is 0. The van der Waals surface area contributed by atoms with E-state index in [1.807, 2.05) is 26.0 Å². The van der Waals surface area contributed by atoms with E-state index in [-0.39, 0.29) is 30.7 Å². The maximum absolute atomic E-state index is 12.5. The van der Waals surface area contributed by atoms with Crippen LogP contribution in [0.15, 0.2) is 18.3 Å². The molecule has 1 amide bonds. The van der Waals surface area contributed by atoms with Gasteiger partial charge in [-0.15, -0.1) is 24.8 Å². The number of nitrogens with zero attached hydrogens (tertiary/aromatic N) is 2. The molecule has 1 fully saturated rings. The Bertz CT molecular complexity index is 478. The van der Waals surface area contributed by atoms with E-state index in [0.717, 1.165) is 37.4 Å². The monoisotopic (exact) mass is 376 g/mol. The molecule has 3 N–H and O–H groups in total. The Labute approximate surface area is 157 Å². The summed E-state index contributed by atoms with van der Waals surface area (Å²) in [6.45, 7) is 6.52. The molecule has 0 radical (unpaired) electrons. The zero-order chi connectivity index (χ0) is 16.0. The predicted molar refractivity (Wildman–Crippen MR) is 105 cm³/mol. The van der Waals surface area contributed by atoms with Gasteiger partial charge >= 0.3 is 0 Å². The van der Waals surface area contributed by atoms with Crippen molar-refractivity contribution in [2.75, 3.05) is 29.9 Å². The highest BCUT2D eigenvalue weighted by Crippen LogP contribution is 2.27. The Morgan fingerprint density at radius 1 is 1.21 bits per heavy atom. The molecule has 24 heavy (non-hydrogen) atoms. The fourth-order valence-corrected chi connectivity index (χ4v) is 2.99. The van der Waals surface area contributed by atoms with E-state index in [4.69, 9.17) is 5.73 Å². The molecule has 0 saturated carbocycles. The number of hydrogen-bond acceptors (Lipinski definition) is 4. The average Bonchev–Trinajstić information content (AvgIpc) is 2.58. The van der Waals surface area contributed by atoms with Crippen molar-refractivity contribution in [3.05, 3.63) is 18.3 Å². The molecule has 1 saturated heterocycles. The number of nitrogens with two attached hydrogens (primary N) is 1. The number of anilines is 2. The molecule has 2 rings (SSSR count). The third kappa shape index (κ3) is 5.23. The second-order valence-electron chi connectivity index (χ2n) is 6.10. The van der Waals surface area contributed by atoms with Crippen molar-refractivity contribution < 1.29 is 4.79 Å². The largest absolute Gasteiger partial charge is 0.357 e. The maximum atomic E-state index is 12.5. The molecule has 7 heteroatoms. The van der Waals surface area contributed by atoms with Gasteiger partial charge in [-0.1, -0.05) is 13.8 Å². The van der Waals surface area contributed by atoms with Crippen LogP contribution in [0.3, 0.4) is 0 Å². The van der Waals surface area contributed by atoms with Crippen LogP contribution in [0.1, 0.15) is 46.0 Å². The van der Waals surface area contributed by atoms with Gasteiger partial charge in [0, 0.05) is 19.6 Å². The molecule has 0 aromatic carbocycles. The minimum Gasteiger partial charge on any atom is -0.357 e. The van der Waals surface area contributed by atoms with Gasteiger partial charge in [-0.05, 0) is 44.2 Å². The maximum Gasteiger partial charge on any atom is 0.231 e. The Morgan fingerprint density at radius 3 is 2.29 bits per heavy atom. The van der Waals surface area contributed by atoms with Crippen LogP contribution in [0, 0.1) is 5.41 Å². The molecule has 1 aliphatic heterocycles. The number of rotatable bonds is 6. The van der Waals surface area contributed by atoms with E-state index in [0.29, 0.717) is 6.54 Å². The summed E-state index contributed by atoms with van der Waals surface area (Å²) in [7, 11) is 0. The first-order valence-electron chi connectivity index (χ1n) is 8.37. The standard InChI is InChI=1S/C17H28N4O.2ClH/c1-3-17(4-2,13-18)16(22)20-14-8-9-15(19-12-14)21-10-6-5-7-11-21;;/h8-9,12H,3-7,10-11,13,18H2,1-2H3,(H,20,22);2*1H. The molecule has 0 spiro atoms. The van der Waals surface area contributed by atoms with E-state index in [9.17, 15) is 4.79 Å². The summed E-state index contributed by atoms with van der Waals surface area (Å²) in [5.41, 5.74) is 6.08. The summed E-state index contributed by atoms with van der Waals surface area (Å²) in [5.74, 6) is 0.987. The molecule has 0 aliphatic carbocycles. The number of aromatic nitrogens is 1. The zero-order valence-electron chi connectivity index (χ0n) is 14.6. The summed E-state index contributed by atoms with van der Waals surface area (Å²) in [6, 6.07) is 3.92. The Morgan fingerprint density at radius 2 is 1.83 bits per heavy atom. The lowest BCUT2D eigenvalue weighted by Gasteiger charge is -2.29. The number of pyridine rings is 1. The second kappa shape index (κ2) is 10.7. The Balaban J connectivity index is 0.00000264. The van der Waals surface area contributed by atoms with E-state index in [1.165, 1.54) is 19.3 Å². The molecule has 0 unspecified atom stereocenters. The number of carbonyl (C=O) groups excluding carboxylic acids is 1. The van der Waals surface area contributed by atoms with Crippen LogP contribution in [-0.2, 0) is 4.79 Å². The molecular formula is C17H30Cl2N4O. The highest BCUT2D eigenvalue weighted by Gasteiger charge is 2.33. The molecule has 0 bridgehead atoms. The van der Waals surface area contributed by atoms with E-state index in [2.05, 4.69) is 15.2 Å². The van der Waals surface area contributed by atoms with Crippen molar-refractivity contribution in [1.29, 1.82) is 0 Å². The lowest BCUT2D eigenvalue weighted by atomic mass is 9.81. The third-order valence-electron chi connectivity index (χ3n) is 4.91. The molecule has 5 nitrogen and oxygen atoms in total. The van der Waals surface area contributed by atoms with Crippen molar-refractivity contribution in [3.8, 4) is 0 Å². The first-order valence-corrected chi connectivity index (χ1v) is 8.37. The Hall–Kier alpha value is -1.04. The van der Waals surface area contributed by atoms with E-state index >= 15 is 0 Å². The van der Waals surface area contributed by atoms with Gasteiger partial charge < -0.3 is 16.0 Å². The van der Waals surface area contributed by atoms with Crippen LogP contribution in [-0.4, -0.2) is 30.5 Å². The summed E-state index contributed by atoms with van der Waals surface area (Å²) < 4.78 is 0. The first kappa shape index (κ1) is 23.0. The topological polar surface area (TPSA) is 71.2 Å². The summed E-state index contributed by atoms with van der Waals surface area (Å²) in [4.78, 5) is 19.3. The van der Waals surface area contributed by atoms with Gasteiger partial charge in [0.15, 0.2) is 0 Å². The number of carbonyl (C=O) groups is 1. The van der Waals surface area contributed by atoms with Gasteiger partial charge in [0.1, 0.15) is 5.82 Å². The summed E-state index contributed by atoms with van der Waals surface area (Å²) in [5, 5.41) is 2.97. The van der Waals surface area contributed by atoms with Crippen LogP contribution < -0.4 is 16.0 Å². The molecule has 1 aromatic heterocycles. The quantitative estimate of drug-likeness (QED) is 0.794. The molecule has 0 atom stereocenters. The smallest absolute Gasteiger partial charge is 0.231 e. The third-order valence-corrected chi connectivity index (χ3v) is 4.91. The zero-order valence-corrected chi connectivity index (χ0v) is 16.2. The first-order chi connectivity index (χ1) is 10.6. The Kier molecular flexibility index (Phi) is 10.3. The number of amides is 1. The van der Waals surface area contributed by atoms with Gasteiger partial charge in [-0.2, -0.15) is 0 Å².